The van der Waals surface area contributed by atoms with E-state index in [0.29, 0.717) is 18.7 Å². The molecule has 0 radical (unpaired) electrons. The Morgan fingerprint density at radius 2 is 2.13 bits per heavy atom. The number of methoxy groups -OCH3 is 1. The number of thiophene rings is 1. The summed E-state index contributed by atoms with van der Waals surface area (Å²) in [7, 11) is 3.50. The molecule has 0 saturated carbocycles. The van der Waals surface area contributed by atoms with Crippen LogP contribution in [0.2, 0.25) is 0 Å². The van der Waals surface area contributed by atoms with Crippen molar-refractivity contribution in [1.82, 2.24) is 25.1 Å². The zero-order chi connectivity index (χ0) is 21.1. The van der Waals surface area contributed by atoms with Crippen molar-refractivity contribution in [3.05, 3.63) is 64.9 Å². The molecule has 0 aliphatic heterocycles. The molecule has 1 N–H and O–H groups in total. The third-order valence-electron chi connectivity index (χ3n) is 4.71. The molecule has 30 heavy (non-hydrogen) atoms. The van der Waals surface area contributed by atoms with E-state index in [9.17, 15) is 4.79 Å². The molecule has 0 bridgehead atoms. The number of hydrogen-bond donors (Lipinski definition) is 1. The zero-order valence-electron chi connectivity index (χ0n) is 17.1. The summed E-state index contributed by atoms with van der Waals surface area (Å²) in [5.74, 6) is -0.197. The minimum atomic E-state index is -0.197. The van der Waals surface area contributed by atoms with Crippen LogP contribution in [0, 0.1) is 0 Å². The van der Waals surface area contributed by atoms with Crippen molar-refractivity contribution in [2.24, 2.45) is 7.05 Å². The van der Waals surface area contributed by atoms with Gasteiger partial charge in [-0.15, -0.1) is 11.3 Å². The number of nitrogens with one attached hydrogen (secondary N) is 1. The maximum atomic E-state index is 12.7. The number of carbonyl (C=O) groups excluding carboxylic acids is 1. The van der Waals surface area contributed by atoms with Gasteiger partial charge in [-0.25, -0.2) is 4.98 Å². The summed E-state index contributed by atoms with van der Waals surface area (Å²) in [5, 5.41) is 9.32. The monoisotopic (exact) mass is 421 g/mol. The van der Waals surface area contributed by atoms with Gasteiger partial charge in [-0.1, -0.05) is 6.07 Å². The lowest BCUT2D eigenvalue weighted by Crippen LogP contribution is -2.36. The van der Waals surface area contributed by atoms with Crippen molar-refractivity contribution >= 4 is 27.5 Å². The smallest absolute Gasteiger partial charge is 0.270 e. The van der Waals surface area contributed by atoms with E-state index in [4.69, 9.17) is 4.74 Å². The molecule has 4 rings (SSSR count). The highest BCUT2D eigenvalue weighted by Crippen LogP contribution is 2.27. The number of nitrogens with zero attached hydrogens (tertiary/aromatic N) is 4. The van der Waals surface area contributed by atoms with E-state index in [1.807, 2.05) is 56.0 Å². The van der Waals surface area contributed by atoms with E-state index in [-0.39, 0.29) is 11.9 Å². The lowest BCUT2D eigenvalue weighted by molar-refractivity contribution is 0.0901. The molecule has 4 heterocycles. The first kappa shape index (κ1) is 20.2. The summed E-state index contributed by atoms with van der Waals surface area (Å²) >= 11 is 1.63. The van der Waals surface area contributed by atoms with Crippen LogP contribution >= 0.6 is 11.3 Å². The normalized spacial score (nSPS) is 12.2. The van der Waals surface area contributed by atoms with Gasteiger partial charge in [0.05, 0.1) is 22.5 Å². The predicted molar refractivity (Wildman–Crippen MR) is 118 cm³/mol. The summed E-state index contributed by atoms with van der Waals surface area (Å²) < 4.78 is 7.95. The molecule has 4 aromatic rings. The highest BCUT2D eigenvalue weighted by Gasteiger charge is 2.15. The fraction of sp³-hybridized carbons (Fsp3) is 0.273. The number of pyridine rings is 2. The fourth-order valence-electron chi connectivity index (χ4n) is 3.31. The van der Waals surface area contributed by atoms with Gasteiger partial charge in [-0.2, -0.15) is 5.10 Å². The van der Waals surface area contributed by atoms with Crippen molar-refractivity contribution < 1.29 is 9.53 Å². The maximum Gasteiger partial charge on any atom is 0.270 e. The van der Waals surface area contributed by atoms with Gasteiger partial charge in [-0.3, -0.25) is 14.5 Å². The fourth-order valence-corrected chi connectivity index (χ4v) is 4.16. The molecule has 0 spiro atoms. The first-order valence-electron chi connectivity index (χ1n) is 9.65. The number of aromatic nitrogens is 4. The summed E-state index contributed by atoms with van der Waals surface area (Å²) in [6.07, 6.45) is 4.43. The quantitative estimate of drug-likeness (QED) is 0.494. The Labute approximate surface area is 178 Å². The van der Waals surface area contributed by atoms with Crippen LogP contribution < -0.4 is 5.32 Å². The van der Waals surface area contributed by atoms with Crippen LogP contribution in [0.1, 0.15) is 28.5 Å². The van der Waals surface area contributed by atoms with E-state index in [1.54, 1.807) is 23.1 Å². The maximum absolute atomic E-state index is 12.7. The van der Waals surface area contributed by atoms with Gasteiger partial charge >= 0.3 is 0 Å². The van der Waals surface area contributed by atoms with Crippen molar-refractivity contribution in [2.45, 2.75) is 19.4 Å². The largest absolute Gasteiger partial charge is 0.383 e. The highest BCUT2D eigenvalue weighted by molar-refractivity contribution is 7.17. The Balaban J connectivity index is 1.59. The van der Waals surface area contributed by atoms with Gasteiger partial charge < -0.3 is 10.1 Å². The third-order valence-corrected chi connectivity index (χ3v) is 5.69. The number of amides is 1. The molecule has 8 heteroatoms. The average molecular weight is 422 g/mol. The summed E-state index contributed by atoms with van der Waals surface area (Å²) in [6, 6.07) is 9.70. The van der Waals surface area contributed by atoms with Crippen molar-refractivity contribution in [2.75, 3.05) is 13.7 Å². The van der Waals surface area contributed by atoms with E-state index < -0.39 is 0 Å². The van der Waals surface area contributed by atoms with Crippen molar-refractivity contribution in [1.29, 1.82) is 0 Å². The zero-order valence-corrected chi connectivity index (χ0v) is 17.9. The minimum absolute atomic E-state index is 0.0886. The SMILES string of the molecule is COCC(C)NC(=O)c1cc(Cc2ccc(-c3ccn(C)n3)nc2)c2sccc2n1. The van der Waals surface area contributed by atoms with Crippen LogP contribution in [0.25, 0.3) is 21.6 Å². The number of fused-ring (bicyclic) bond motifs is 1. The van der Waals surface area contributed by atoms with E-state index in [2.05, 4.69) is 26.4 Å². The summed E-state index contributed by atoms with van der Waals surface area (Å²) in [6.45, 7) is 2.35. The molecule has 1 atom stereocenters. The number of ether oxygens (including phenoxy) is 1. The molecule has 1 amide bonds. The molecule has 154 valence electrons. The molecule has 4 aromatic heterocycles. The van der Waals surface area contributed by atoms with Crippen molar-refractivity contribution in [3.8, 4) is 11.4 Å². The topological polar surface area (TPSA) is 81.9 Å². The van der Waals surface area contributed by atoms with Gasteiger partial charge in [0.25, 0.3) is 5.91 Å². The first-order chi connectivity index (χ1) is 14.5. The van der Waals surface area contributed by atoms with Gasteiger partial charge in [-0.05, 0) is 47.7 Å². The third kappa shape index (κ3) is 4.39. The number of carbonyl (C=O) groups is 1. The second-order valence-electron chi connectivity index (χ2n) is 7.23. The van der Waals surface area contributed by atoms with Crippen LogP contribution in [0.4, 0.5) is 0 Å². The molecule has 1 unspecified atom stereocenters. The van der Waals surface area contributed by atoms with E-state index in [0.717, 1.165) is 32.7 Å². The number of hydrogen-bond acceptors (Lipinski definition) is 6. The Morgan fingerprint density at radius 3 is 2.83 bits per heavy atom. The van der Waals surface area contributed by atoms with Gasteiger partial charge in [0.15, 0.2) is 0 Å². The molecule has 0 aliphatic rings. The van der Waals surface area contributed by atoms with Crippen LogP contribution in [0.5, 0.6) is 0 Å². The number of rotatable bonds is 7. The Bertz CT molecular complexity index is 1170. The highest BCUT2D eigenvalue weighted by atomic mass is 32.1. The second kappa shape index (κ2) is 8.73. The first-order valence-corrected chi connectivity index (χ1v) is 10.5. The van der Waals surface area contributed by atoms with Crippen LogP contribution in [-0.4, -0.2) is 45.4 Å². The van der Waals surface area contributed by atoms with Crippen molar-refractivity contribution in [3.63, 3.8) is 0 Å². The van der Waals surface area contributed by atoms with E-state index >= 15 is 0 Å². The predicted octanol–water partition coefficient (Wildman–Crippen LogP) is 3.45. The molecular weight excluding hydrogens is 398 g/mol. The van der Waals surface area contributed by atoms with Crippen LogP contribution in [0.3, 0.4) is 0 Å². The number of aryl methyl sites for hydroxylation is 1. The van der Waals surface area contributed by atoms with Gasteiger partial charge in [0, 0.05) is 39.0 Å². The summed E-state index contributed by atoms with van der Waals surface area (Å²) in [5.41, 5.74) is 5.05. The average Bonchev–Trinajstić information content (AvgIpc) is 3.37. The Hall–Kier alpha value is -3.10. The summed E-state index contributed by atoms with van der Waals surface area (Å²) in [4.78, 5) is 21.8. The second-order valence-corrected chi connectivity index (χ2v) is 8.15. The molecular formula is C22H23N5O2S. The Kier molecular flexibility index (Phi) is 5.87. The van der Waals surface area contributed by atoms with Crippen LogP contribution in [-0.2, 0) is 18.2 Å². The lowest BCUT2D eigenvalue weighted by Gasteiger charge is -2.13. The molecule has 0 aliphatic carbocycles. The van der Waals surface area contributed by atoms with E-state index in [1.165, 1.54) is 0 Å². The lowest BCUT2D eigenvalue weighted by atomic mass is 10.1. The molecule has 0 aromatic carbocycles. The molecule has 0 saturated heterocycles. The van der Waals surface area contributed by atoms with Gasteiger partial charge in [0.1, 0.15) is 11.4 Å². The van der Waals surface area contributed by atoms with Gasteiger partial charge in [0.2, 0.25) is 0 Å². The Morgan fingerprint density at radius 1 is 1.27 bits per heavy atom. The molecule has 0 fully saturated rings. The molecule has 7 nitrogen and oxygen atoms in total. The minimum Gasteiger partial charge on any atom is -0.383 e. The van der Waals surface area contributed by atoms with Crippen LogP contribution in [0.15, 0.2) is 48.1 Å². The standard InChI is InChI=1S/C22H23N5O2S/c1-14(13-29-3)24-22(28)20-11-16(21-19(25-20)7-9-30-21)10-15-4-5-17(23-12-15)18-6-8-27(2)26-18/h4-9,11-12,14H,10,13H2,1-3H3,(H,24,28).